The number of urea groups is 1. The fraction of sp³-hybridized carbons (Fsp3) is 0.385. The van der Waals surface area contributed by atoms with Crippen molar-refractivity contribution in [1.29, 1.82) is 0 Å². The highest BCUT2D eigenvalue weighted by Crippen LogP contribution is 2.23. The lowest BCUT2D eigenvalue weighted by Gasteiger charge is -2.10. The van der Waals surface area contributed by atoms with Crippen LogP contribution in [0.5, 0.6) is 5.75 Å². The molecule has 0 spiro atoms. The summed E-state index contributed by atoms with van der Waals surface area (Å²) in [6, 6.07) is 0.918. The van der Waals surface area contributed by atoms with Gasteiger partial charge in [-0.2, -0.15) is 5.10 Å². The van der Waals surface area contributed by atoms with Gasteiger partial charge in [-0.3, -0.25) is 0 Å². The molecule has 1 aromatic carbocycles. The minimum atomic E-state index is -0.872. The molecule has 3 N–H and O–H groups in total. The molecule has 0 aliphatic heterocycles. The fourth-order valence-corrected chi connectivity index (χ4v) is 1.52. The van der Waals surface area contributed by atoms with Crippen molar-refractivity contribution >= 4 is 12.2 Å². The monoisotopic (exact) mass is 285 g/mol. The summed E-state index contributed by atoms with van der Waals surface area (Å²) in [4.78, 5) is 10.5. The van der Waals surface area contributed by atoms with Crippen LogP contribution in [0.4, 0.5) is 13.6 Å². The number of nitrogens with zero attached hydrogens (tertiary/aromatic N) is 1. The van der Waals surface area contributed by atoms with E-state index in [4.69, 9.17) is 10.5 Å². The number of ether oxygens (including phenoxy) is 1. The molecule has 7 heteroatoms. The molecule has 110 valence electrons. The first kappa shape index (κ1) is 15.9. The third kappa shape index (κ3) is 5.21. The van der Waals surface area contributed by atoms with Crippen LogP contribution in [0, 0.1) is 11.6 Å². The number of hydrogen-bond donors (Lipinski definition) is 2. The van der Waals surface area contributed by atoms with Crippen LogP contribution in [-0.4, -0.2) is 18.9 Å². The van der Waals surface area contributed by atoms with Crippen molar-refractivity contribution in [1.82, 2.24) is 5.43 Å². The molecule has 0 atom stereocenters. The number of carbonyl (C=O) groups excluding carboxylic acids is 1. The van der Waals surface area contributed by atoms with E-state index in [1.165, 1.54) is 0 Å². The lowest BCUT2D eigenvalue weighted by molar-refractivity contribution is 0.249. The van der Waals surface area contributed by atoms with E-state index < -0.39 is 17.7 Å². The van der Waals surface area contributed by atoms with Gasteiger partial charge in [0.2, 0.25) is 0 Å². The van der Waals surface area contributed by atoms with Gasteiger partial charge in [0.1, 0.15) is 5.82 Å². The van der Waals surface area contributed by atoms with E-state index in [-0.39, 0.29) is 11.3 Å². The highest BCUT2D eigenvalue weighted by atomic mass is 19.1. The molecule has 0 aromatic heterocycles. The number of primary amides is 1. The van der Waals surface area contributed by atoms with Crippen LogP contribution in [0.1, 0.15) is 31.7 Å². The maximum atomic E-state index is 13.7. The van der Waals surface area contributed by atoms with Crippen LogP contribution in [-0.2, 0) is 0 Å². The van der Waals surface area contributed by atoms with Gasteiger partial charge in [0.25, 0.3) is 0 Å². The molecule has 0 fully saturated rings. The van der Waals surface area contributed by atoms with Crippen molar-refractivity contribution < 1.29 is 18.3 Å². The molecule has 0 saturated heterocycles. The van der Waals surface area contributed by atoms with E-state index in [2.05, 4.69) is 5.10 Å². The number of nitrogens with one attached hydrogen (secondary N) is 1. The van der Waals surface area contributed by atoms with E-state index in [1.807, 2.05) is 12.3 Å². The molecule has 0 aliphatic rings. The molecule has 0 unspecified atom stereocenters. The van der Waals surface area contributed by atoms with Crippen molar-refractivity contribution in [3.05, 3.63) is 29.3 Å². The van der Waals surface area contributed by atoms with Gasteiger partial charge >= 0.3 is 6.03 Å². The van der Waals surface area contributed by atoms with Gasteiger partial charge in [-0.05, 0) is 12.5 Å². The number of amides is 2. The van der Waals surface area contributed by atoms with Crippen molar-refractivity contribution in [3.8, 4) is 5.75 Å². The first-order valence-corrected chi connectivity index (χ1v) is 6.25. The lowest BCUT2D eigenvalue weighted by atomic mass is 10.2. The molecule has 0 radical (unpaired) electrons. The van der Waals surface area contributed by atoms with E-state index >= 15 is 0 Å². The number of halogens is 2. The number of unbranched alkanes of at least 4 members (excludes halogenated alkanes) is 2. The zero-order valence-corrected chi connectivity index (χ0v) is 11.2. The smallest absolute Gasteiger partial charge is 0.332 e. The maximum absolute atomic E-state index is 13.7. The van der Waals surface area contributed by atoms with Gasteiger partial charge in [0.05, 0.1) is 12.8 Å². The third-order valence-corrected chi connectivity index (χ3v) is 2.41. The van der Waals surface area contributed by atoms with E-state index in [9.17, 15) is 13.6 Å². The predicted molar refractivity (Wildman–Crippen MR) is 71.7 cm³/mol. The van der Waals surface area contributed by atoms with Gasteiger partial charge in [-0.25, -0.2) is 19.0 Å². The Kier molecular flexibility index (Phi) is 6.42. The Morgan fingerprint density at radius 3 is 2.85 bits per heavy atom. The zero-order chi connectivity index (χ0) is 15.0. The summed E-state index contributed by atoms with van der Waals surface area (Å²) < 4.78 is 32.1. The van der Waals surface area contributed by atoms with Gasteiger partial charge in [-0.1, -0.05) is 19.8 Å². The standard InChI is InChI=1S/C13H17F2N3O2/c1-2-3-4-5-20-12-9(8-17-18-13(16)19)6-10(14)7-11(12)15/h6-8H,2-5H2,1H3,(H3,16,18,19). The van der Waals surface area contributed by atoms with Crippen molar-refractivity contribution in [3.63, 3.8) is 0 Å². The second-order valence-electron chi connectivity index (χ2n) is 4.10. The Labute approximate surface area is 115 Å². The van der Waals surface area contributed by atoms with E-state index in [1.54, 1.807) is 0 Å². The molecule has 0 saturated carbocycles. The number of nitrogens with two attached hydrogens (primary N) is 1. The third-order valence-electron chi connectivity index (χ3n) is 2.41. The zero-order valence-electron chi connectivity index (χ0n) is 11.2. The van der Waals surface area contributed by atoms with Crippen molar-refractivity contribution in [2.75, 3.05) is 6.61 Å². The Morgan fingerprint density at radius 2 is 2.20 bits per heavy atom. The highest BCUT2D eigenvalue weighted by Gasteiger charge is 2.11. The molecule has 1 rings (SSSR count). The normalized spacial score (nSPS) is 10.8. The molecule has 0 bridgehead atoms. The van der Waals surface area contributed by atoms with E-state index in [0.29, 0.717) is 6.61 Å². The second kappa shape index (κ2) is 8.08. The Balaban J connectivity index is 2.84. The van der Waals surface area contributed by atoms with Gasteiger partial charge in [0.15, 0.2) is 11.6 Å². The van der Waals surface area contributed by atoms with Gasteiger partial charge in [0, 0.05) is 11.6 Å². The molecular weight excluding hydrogens is 268 g/mol. The number of rotatable bonds is 7. The second-order valence-corrected chi connectivity index (χ2v) is 4.10. The largest absolute Gasteiger partial charge is 0.490 e. The van der Waals surface area contributed by atoms with Crippen molar-refractivity contribution in [2.24, 2.45) is 10.8 Å². The summed E-state index contributed by atoms with van der Waals surface area (Å²) in [7, 11) is 0. The summed E-state index contributed by atoms with van der Waals surface area (Å²) in [5.41, 5.74) is 6.86. The van der Waals surface area contributed by atoms with Crippen LogP contribution in [0.3, 0.4) is 0 Å². The van der Waals surface area contributed by atoms with Gasteiger partial charge < -0.3 is 10.5 Å². The van der Waals surface area contributed by atoms with Crippen LogP contribution in [0.15, 0.2) is 17.2 Å². The Bertz CT molecular complexity index is 493. The molecule has 1 aromatic rings. The van der Waals surface area contributed by atoms with Crippen molar-refractivity contribution in [2.45, 2.75) is 26.2 Å². The van der Waals surface area contributed by atoms with E-state index in [0.717, 1.165) is 37.6 Å². The summed E-state index contributed by atoms with van der Waals surface area (Å²) in [5, 5.41) is 3.47. The molecular formula is C13H17F2N3O2. The number of hydrogen-bond acceptors (Lipinski definition) is 3. The van der Waals surface area contributed by atoms with Crippen LogP contribution in [0.2, 0.25) is 0 Å². The fourth-order valence-electron chi connectivity index (χ4n) is 1.52. The van der Waals surface area contributed by atoms with Crippen LogP contribution < -0.4 is 15.9 Å². The maximum Gasteiger partial charge on any atom is 0.332 e. The summed E-state index contributed by atoms with van der Waals surface area (Å²) >= 11 is 0. The average Bonchev–Trinajstić information content (AvgIpc) is 2.36. The minimum Gasteiger partial charge on any atom is -0.490 e. The van der Waals surface area contributed by atoms with Crippen LogP contribution >= 0.6 is 0 Å². The van der Waals surface area contributed by atoms with Crippen LogP contribution in [0.25, 0.3) is 0 Å². The Morgan fingerprint density at radius 1 is 1.45 bits per heavy atom. The first-order valence-electron chi connectivity index (χ1n) is 6.25. The quantitative estimate of drug-likeness (QED) is 0.459. The first-order chi connectivity index (χ1) is 9.54. The average molecular weight is 285 g/mol. The summed E-state index contributed by atoms with van der Waals surface area (Å²) in [6.07, 6.45) is 3.80. The number of hydrazone groups is 1. The topological polar surface area (TPSA) is 76.7 Å². The molecule has 0 heterocycles. The summed E-state index contributed by atoms with van der Waals surface area (Å²) in [5.74, 6) is -1.68. The Hall–Kier alpha value is -2.18. The SMILES string of the molecule is CCCCCOc1c(F)cc(F)cc1C=NNC(N)=O. The molecule has 5 nitrogen and oxygen atoms in total. The highest BCUT2D eigenvalue weighted by molar-refractivity contribution is 5.84. The minimum absolute atomic E-state index is 0.0905. The molecule has 2 amide bonds. The lowest BCUT2D eigenvalue weighted by Crippen LogP contribution is -2.24. The predicted octanol–water partition coefficient (Wildman–Crippen LogP) is 2.54. The molecule has 20 heavy (non-hydrogen) atoms. The number of carbonyl (C=O) groups is 1. The molecule has 0 aliphatic carbocycles. The summed E-state index contributed by atoms with van der Waals surface area (Å²) in [6.45, 7) is 2.35. The number of benzene rings is 1. The van der Waals surface area contributed by atoms with Gasteiger partial charge in [-0.15, -0.1) is 0 Å².